The minimum Gasteiger partial charge on any atom is -0.380 e. The highest BCUT2D eigenvalue weighted by molar-refractivity contribution is 5.76. The molecule has 0 unspecified atom stereocenters. The average Bonchev–Trinajstić information content (AvgIpc) is 2.57. The van der Waals surface area contributed by atoms with Gasteiger partial charge in [0.25, 0.3) is 0 Å². The van der Waals surface area contributed by atoms with Crippen LogP contribution in [0.4, 0.5) is 5.69 Å². The monoisotopic (exact) mass is 219 g/mol. The molecule has 1 aliphatic rings. The molecule has 0 aromatic heterocycles. The minimum atomic E-state index is 0.743. The minimum absolute atomic E-state index is 0.743. The summed E-state index contributed by atoms with van der Waals surface area (Å²) in [4.78, 5) is 13.0. The first-order chi connectivity index (χ1) is 7.81. The molecule has 3 heteroatoms. The molecule has 1 aromatic carbocycles. The van der Waals surface area contributed by atoms with Crippen LogP contribution in [0.15, 0.2) is 18.2 Å². The van der Waals surface area contributed by atoms with Gasteiger partial charge in [-0.3, -0.25) is 4.79 Å². The summed E-state index contributed by atoms with van der Waals surface area (Å²) >= 11 is 0. The normalized spacial score (nSPS) is 16.9. The van der Waals surface area contributed by atoms with E-state index in [9.17, 15) is 4.79 Å². The number of rotatable bonds is 2. The predicted octanol–water partition coefficient (Wildman–Crippen LogP) is 2.03. The highest BCUT2D eigenvalue weighted by atomic mass is 16.5. The molecular formula is C13H17NO2. The third kappa shape index (κ3) is 2.42. The second-order valence-electron chi connectivity index (χ2n) is 4.12. The summed E-state index contributed by atoms with van der Waals surface area (Å²) in [7, 11) is 0. The summed E-state index contributed by atoms with van der Waals surface area (Å²) in [5, 5.41) is 0. The van der Waals surface area contributed by atoms with E-state index in [0.717, 1.165) is 50.1 Å². The lowest BCUT2D eigenvalue weighted by atomic mass is 10.1. The van der Waals surface area contributed by atoms with Crippen molar-refractivity contribution in [2.45, 2.75) is 13.3 Å². The Balaban J connectivity index is 2.21. The van der Waals surface area contributed by atoms with Crippen molar-refractivity contribution < 1.29 is 9.53 Å². The van der Waals surface area contributed by atoms with E-state index in [4.69, 9.17) is 4.74 Å². The maximum atomic E-state index is 10.7. The van der Waals surface area contributed by atoms with Gasteiger partial charge in [-0.15, -0.1) is 0 Å². The molecule has 0 saturated carbocycles. The molecule has 1 fully saturated rings. The molecule has 1 aliphatic heterocycles. The van der Waals surface area contributed by atoms with E-state index in [1.54, 1.807) is 0 Å². The third-order valence-corrected chi connectivity index (χ3v) is 2.92. The van der Waals surface area contributed by atoms with Gasteiger partial charge in [-0.05, 0) is 37.1 Å². The molecule has 16 heavy (non-hydrogen) atoms. The van der Waals surface area contributed by atoms with Crippen molar-refractivity contribution in [3.05, 3.63) is 29.3 Å². The van der Waals surface area contributed by atoms with E-state index >= 15 is 0 Å². The van der Waals surface area contributed by atoms with Gasteiger partial charge in [-0.25, -0.2) is 0 Å². The number of carbonyl (C=O) groups excluding carboxylic acids is 1. The Labute approximate surface area is 96.0 Å². The summed E-state index contributed by atoms with van der Waals surface area (Å²) in [6.07, 6.45) is 1.96. The molecule has 0 amide bonds. The van der Waals surface area contributed by atoms with Crippen LogP contribution in [0.3, 0.4) is 0 Å². The van der Waals surface area contributed by atoms with Crippen molar-refractivity contribution in [3.8, 4) is 0 Å². The molecule has 0 radical (unpaired) electrons. The number of hydrogen-bond acceptors (Lipinski definition) is 3. The van der Waals surface area contributed by atoms with E-state index in [-0.39, 0.29) is 0 Å². The number of carbonyl (C=O) groups is 1. The summed E-state index contributed by atoms with van der Waals surface area (Å²) in [6, 6.07) is 5.85. The van der Waals surface area contributed by atoms with Crippen molar-refractivity contribution >= 4 is 12.0 Å². The van der Waals surface area contributed by atoms with Gasteiger partial charge in [0, 0.05) is 30.9 Å². The smallest absolute Gasteiger partial charge is 0.150 e. The molecule has 0 aliphatic carbocycles. The largest absolute Gasteiger partial charge is 0.380 e. The van der Waals surface area contributed by atoms with Crippen molar-refractivity contribution in [1.29, 1.82) is 0 Å². The number of nitrogens with zero attached hydrogens (tertiary/aromatic N) is 1. The van der Waals surface area contributed by atoms with Crippen LogP contribution in [0.1, 0.15) is 22.3 Å². The lowest BCUT2D eigenvalue weighted by molar-refractivity contribution is 0.112. The Kier molecular flexibility index (Phi) is 3.57. The van der Waals surface area contributed by atoms with E-state index in [1.165, 1.54) is 5.69 Å². The van der Waals surface area contributed by atoms with Crippen LogP contribution < -0.4 is 4.90 Å². The first-order valence-corrected chi connectivity index (χ1v) is 5.70. The SMILES string of the molecule is Cc1cc(C=O)ccc1N1CCCOCC1. The Hall–Kier alpha value is -1.35. The molecule has 0 N–H and O–H groups in total. The van der Waals surface area contributed by atoms with Gasteiger partial charge in [-0.1, -0.05) is 0 Å². The molecule has 0 bridgehead atoms. The van der Waals surface area contributed by atoms with E-state index in [0.29, 0.717) is 0 Å². The van der Waals surface area contributed by atoms with Gasteiger partial charge in [0.2, 0.25) is 0 Å². The first kappa shape index (κ1) is 11.1. The van der Waals surface area contributed by atoms with Gasteiger partial charge in [-0.2, -0.15) is 0 Å². The van der Waals surface area contributed by atoms with Crippen LogP contribution >= 0.6 is 0 Å². The highest BCUT2D eigenvalue weighted by Crippen LogP contribution is 2.21. The molecule has 0 spiro atoms. The lowest BCUT2D eigenvalue weighted by Crippen LogP contribution is -2.26. The molecular weight excluding hydrogens is 202 g/mol. The molecule has 86 valence electrons. The molecule has 0 atom stereocenters. The van der Waals surface area contributed by atoms with Crippen LogP contribution in [0, 0.1) is 6.92 Å². The van der Waals surface area contributed by atoms with Crippen LogP contribution in [0.25, 0.3) is 0 Å². The molecule has 1 aromatic rings. The fraction of sp³-hybridized carbons (Fsp3) is 0.462. The van der Waals surface area contributed by atoms with Gasteiger partial charge in [0.05, 0.1) is 6.61 Å². The predicted molar refractivity (Wildman–Crippen MR) is 64.2 cm³/mol. The van der Waals surface area contributed by atoms with Gasteiger partial charge >= 0.3 is 0 Å². The quantitative estimate of drug-likeness (QED) is 0.713. The maximum Gasteiger partial charge on any atom is 0.150 e. The fourth-order valence-corrected chi connectivity index (χ4v) is 2.09. The zero-order valence-corrected chi connectivity index (χ0v) is 9.61. The average molecular weight is 219 g/mol. The Morgan fingerprint density at radius 1 is 1.31 bits per heavy atom. The fourth-order valence-electron chi connectivity index (χ4n) is 2.09. The number of ether oxygens (including phenoxy) is 1. The second kappa shape index (κ2) is 5.12. The summed E-state index contributed by atoms with van der Waals surface area (Å²) in [5.74, 6) is 0. The Morgan fingerprint density at radius 2 is 2.19 bits per heavy atom. The summed E-state index contributed by atoms with van der Waals surface area (Å²) in [6.45, 7) is 5.65. The van der Waals surface area contributed by atoms with E-state index < -0.39 is 0 Å². The van der Waals surface area contributed by atoms with Crippen molar-refractivity contribution in [3.63, 3.8) is 0 Å². The van der Waals surface area contributed by atoms with Crippen LogP contribution in [-0.4, -0.2) is 32.6 Å². The zero-order valence-electron chi connectivity index (χ0n) is 9.61. The summed E-state index contributed by atoms with van der Waals surface area (Å²) in [5.41, 5.74) is 3.12. The van der Waals surface area contributed by atoms with Crippen LogP contribution in [0.2, 0.25) is 0 Å². The third-order valence-electron chi connectivity index (χ3n) is 2.92. The van der Waals surface area contributed by atoms with Crippen LogP contribution in [-0.2, 0) is 4.74 Å². The summed E-state index contributed by atoms with van der Waals surface area (Å²) < 4.78 is 5.43. The lowest BCUT2D eigenvalue weighted by Gasteiger charge is -2.24. The topological polar surface area (TPSA) is 29.5 Å². The molecule has 1 saturated heterocycles. The number of hydrogen-bond donors (Lipinski definition) is 0. The van der Waals surface area contributed by atoms with Gasteiger partial charge in [0.1, 0.15) is 6.29 Å². The maximum absolute atomic E-state index is 10.7. The van der Waals surface area contributed by atoms with Gasteiger partial charge < -0.3 is 9.64 Å². The molecule has 1 heterocycles. The number of aryl methyl sites for hydroxylation is 1. The number of benzene rings is 1. The highest BCUT2D eigenvalue weighted by Gasteiger charge is 2.12. The van der Waals surface area contributed by atoms with Crippen molar-refractivity contribution in [1.82, 2.24) is 0 Å². The first-order valence-electron chi connectivity index (χ1n) is 5.70. The molecule has 3 nitrogen and oxygen atoms in total. The van der Waals surface area contributed by atoms with Gasteiger partial charge in [0.15, 0.2) is 0 Å². The van der Waals surface area contributed by atoms with Crippen molar-refractivity contribution in [2.75, 3.05) is 31.2 Å². The van der Waals surface area contributed by atoms with Crippen LogP contribution in [0.5, 0.6) is 0 Å². The van der Waals surface area contributed by atoms with Crippen molar-refractivity contribution in [2.24, 2.45) is 0 Å². The Morgan fingerprint density at radius 3 is 2.94 bits per heavy atom. The molecule has 2 rings (SSSR count). The number of anilines is 1. The standard InChI is InChI=1S/C13H17NO2/c1-11-9-12(10-15)3-4-13(11)14-5-2-7-16-8-6-14/h3-4,9-10H,2,5-8H2,1H3. The van der Waals surface area contributed by atoms with E-state index in [2.05, 4.69) is 4.90 Å². The Bertz CT molecular complexity index is 368. The van der Waals surface area contributed by atoms with E-state index in [1.807, 2.05) is 25.1 Å². The number of aldehydes is 1. The zero-order chi connectivity index (χ0) is 11.4. The second-order valence-corrected chi connectivity index (χ2v) is 4.12.